The average Bonchev–Trinajstić information content (AvgIpc) is 2.41. The van der Waals surface area contributed by atoms with Crippen molar-refractivity contribution in [2.24, 2.45) is 5.41 Å². The Balaban J connectivity index is 1.98. The topological polar surface area (TPSA) is 9.23 Å². The number of hydrogen-bond donors (Lipinski definition) is 1. The van der Waals surface area contributed by atoms with Crippen molar-refractivity contribution in [2.75, 3.05) is 12.4 Å². The minimum atomic E-state index is -0.411. The van der Waals surface area contributed by atoms with E-state index in [-0.39, 0.29) is 10.4 Å². The third-order valence-corrected chi connectivity index (χ3v) is 4.65. The standard InChI is InChI=1S/C14H18ClFOS/c15-12-8-11(4-5-13(12)16)17-9-14(10-18)6-2-1-3-7-14/h4-5,8,18H,1-3,6-7,9-10H2. The molecule has 100 valence electrons. The molecule has 0 atom stereocenters. The number of halogens is 2. The maximum atomic E-state index is 13.0. The Hall–Kier alpha value is -0.410. The monoisotopic (exact) mass is 288 g/mol. The SMILES string of the molecule is Fc1ccc(OCC2(CS)CCCCC2)cc1Cl. The van der Waals surface area contributed by atoms with Crippen molar-refractivity contribution in [1.82, 2.24) is 0 Å². The summed E-state index contributed by atoms with van der Waals surface area (Å²) in [5.74, 6) is 1.06. The van der Waals surface area contributed by atoms with Gasteiger partial charge >= 0.3 is 0 Å². The Morgan fingerprint density at radius 1 is 1.28 bits per heavy atom. The lowest BCUT2D eigenvalue weighted by Gasteiger charge is -2.35. The van der Waals surface area contributed by atoms with Crippen LogP contribution in [0.5, 0.6) is 5.75 Å². The van der Waals surface area contributed by atoms with Crippen LogP contribution in [0, 0.1) is 11.2 Å². The van der Waals surface area contributed by atoms with Gasteiger partial charge in [0.25, 0.3) is 0 Å². The zero-order valence-corrected chi connectivity index (χ0v) is 11.9. The molecule has 4 heteroatoms. The summed E-state index contributed by atoms with van der Waals surface area (Å²) < 4.78 is 18.8. The lowest BCUT2D eigenvalue weighted by Crippen LogP contribution is -2.32. The average molecular weight is 289 g/mol. The zero-order valence-electron chi connectivity index (χ0n) is 10.3. The molecule has 0 amide bonds. The molecule has 0 spiro atoms. The third-order valence-electron chi connectivity index (χ3n) is 3.69. The minimum Gasteiger partial charge on any atom is -0.493 e. The molecule has 1 nitrogen and oxygen atoms in total. The smallest absolute Gasteiger partial charge is 0.142 e. The van der Waals surface area contributed by atoms with Crippen LogP contribution in [0.3, 0.4) is 0 Å². The molecule has 1 saturated carbocycles. The first kappa shape index (κ1) is 14.0. The largest absolute Gasteiger partial charge is 0.493 e. The molecule has 0 N–H and O–H groups in total. The fourth-order valence-corrected chi connectivity index (χ4v) is 3.03. The fourth-order valence-electron chi connectivity index (χ4n) is 2.45. The predicted molar refractivity (Wildman–Crippen MR) is 76.3 cm³/mol. The third kappa shape index (κ3) is 3.33. The Morgan fingerprint density at radius 2 is 2.00 bits per heavy atom. The first-order valence-corrected chi connectivity index (χ1v) is 7.35. The minimum absolute atomic E-state index is 0.107. The van der Waals surface area contributed by atoms with Gasteiger partial charge in [0.1, 0.15) is 11.6 Å². The summed E-state index contributed by atoms with van der Waals surface area (Å²) in [7, 11) is 0. The molecular weight excluding hydrogens is 271 g/mol. The van der Waals surface area contributed by atoms with Crippen molar-refractivity contribution < 1.29 is 9.13 Å². The van der Waals surface area contributed by atoms with E-state index in [0.29, 0.717) is 12.4 Å². The van der Waals surface area contributed by atoms with E-state index >= 15 is 0 Å². The highest BCUT2D eigenvalue weighted by atomic mass is 35.5. The van der Waals surface area contributed by atoms with Crippen molar-refractivity contribution in [3.63, 3.8) is 0 Å². The summed E-state index contributed by atoms with van der Waals surface area (Å²) >= 11 is 10.2. The fraction of sp³-hybridized carbons (Fsp3) is 0.571. The molecule has 1 aliphatic rings. The van der Waals surface area contributed by atoms with Crippen molar-refractivity contribution in [3.8, 4) is 5.75 Å². The summed E-state index contributed by atoms with van der Waals surface area (Å²) in [5.41, 5.74) is 0.169. The number of benzene rings is 1. The summed E-state index contributed by atoms with van der Waals surface area (Å²) in [6, 6.07) is 4.49. The van der Waals surface area contributed by atoms with E-state index in [1.165, 1.54) is 31.4 Å². The maximum absolute atomic E-state index is 13.0. The highest BCUT2D eigenvalue weighted by Crippen LogP contribution is 2.38. The molecule has 0 radical (unpaired) electrons. The van der Waals surface area contributed by atoms with Crippen molar-refractivity contribution in [2.45, 2.75) is 32.1 Å². The molecule has 0 aliphatic heterocycles. The highest BCUT2D eigenvalue weighted by molar-refractivity contribution is 7.80. The van der Waals surface area contributed by atoms with Crippen LogP contribution >= 0.6 is 24.2 Å². The van der Waals surface area contributed by atoms with Crippen LogP contribution in [0.15, 0.2) is 18.2 Å². The van der Waals surface area contributed by atoms with Gasteiger partial charge in [-0.2, -0.15) is 12.6 Å². The second-order valence-corrected chi connectivity index (χ2v) is 5.81. The maximum Gasteiger partial charge on any atom is 0.142 e. The van der Waals surface area contributed by atoms with E-state index in [0.717, 1.165) is 18.6 Å². The Kier molecular flexibility index (Phi) is 4.79. The van der Waals surface area contributed by atoms with Crippen LogP contribution in [0.25, 0.3) is 0 Å². The van der Waals surface area contributed by atoms with E-state index < -0.39 is 5.82 Å². The van der Waals surface area contributed by atoms with E-state index in [1.54, 1.807) is 6.07 Å². The van der Waals surface area contributed by atoms with E-state index in [9.17, 15) is 4.39 Å². The summed E-state index contributed by atoms with van der Waals surface area (Å²) in [6.45, 7) is 0.637. The number of hydrogen-bond acceptors (Lipinski definition) is 2. The van der Waals surface area contributed by atoms with Crippen molar-refractivity contribution in [3.05, 3.63) is 29.0 Å². The molecule has 18 heavy (non-hydrogen) atoms. The van der Waals surface area contributed by atoms with Gasteiger partial charge in [0.2, 0.25) is 0 Å². The molecule has 0 saturated heterocycles. The van der Waals surface area contributed by atoms with Crippen LogP contribution in [-0.2, 0) is 0 Å². The van der Waals surface area contributed by atoms with E-state index in [4.69, 9.17) is 16.3 Å². The molecule has 1 aromatic rings. The summed E-state index contributed by atoms with van der Waals surface area (Å²) in [6.07, 6.45) is 6.11. The van der Waals surface area contributed by atoms with Gasteiger partial charge in [-0.25, -0.2) is 4.39 Å². The molecule has 0 bridgehead atoms. The van der Waals surface area contributed by atoms with Crippen LogP contribution < -0.4 is 4.74 Å². The number of rotatable bonds is 4. The van der Waals surface area contributed by atoms with Crippen molar-refractivity contribution >= 4 is 24.2 Å². The first-order chi connectivity index (χ1) is 8.65. The van der Waals surface area contributed by atoms with Crippen molar-refractivity contribution in [1.29, 1.82) is 0 Å². The quantitative estimate of drug-likeness (QED) is 0.788. The second kappa shape index (κ2) is 6.16. The van der Waals surface area contributed by atoms with Crippen LogP contribution in [-0.4, -0.2) is 12.4 Å². The molecule has 2 rings (SSSR count). The van der Waals surface area contributed by atoms with Gasteiger partial charge in [-0.3, -0.25) is 0 Å². The Labute approximate surface area is 118 Å². The van der Waals surface area contributed by atoms with Gasteiger partial charge in [0.05, 0.1) is 11.6 Å². The number of thiol groups is 1. The molecular formula is C14H18ClFOS. The van der Waals surface area contributed by atoms with Gasteiger partial charge in [-0.1, -0.05) is 30.9 Å². The molecule has 0 aromatic heterocycles. The number of ether oxygens (including phenoxy) is 1. The van der Waals surface area contributed by atoms with Gasteiger partial charge in [-0.15, -0.1) is 0 Å². The normalized spacial score (nSPS) is 18.6. The Bertz CT molecular complexity index is 405. The van der Waals surface area contributed by atoms with Gasteiger partial charge in [-0.05, 0) is 30.7 Å². The molecule has 1 aromatic carbocycles. The zero-order chi connectivity index (χ0) is 13.0. The lowest BCUT2D eigenvalue weighted by atomic mass is 9.76. The van der Waals surface area contributed by atoms with Crippen LogP contribution in [0.1, 0.15) is 32.1 Å². The summed E-state index contributed by atoms with van der Waals surface area (Å²) in [4.78, 5) is 0. The van der Waals surface area contributed by atoms with Crippen LogP contribution in [0.4, 0.5) is 4.39 Å². The first-order valence-electron chi connectivity index (χ1n) is 6.34. The second-order valence-electron chi connectivity index (χ2n) is 5.08. The molecule has 1 aliphatic carbocycles. The van der Waals surface area contributed by atoms with E-state index in [1.807, 2.05) is 0 Å². The van der Waals surface area contributed by atoms with Gasteiger partial charge in [0, 0.05) is 11.5 Å². The van der Waals surface area contributed by atoms with Gasteiger partial charge in [0.15, 0.2) is 0 Å². The van der Waals surface area contributed by atoms with Crippen LogP contribution in [0.2, 0.25) is 5.02 Å². The Morgan fingerprint density at radius 3 is 2.61 bits per heavy atom. The highest BCUT2D eigenvalue weighted by Gasteiger charge is 2.31. The lowest BCUT2D eigenvalue weighted by molar-refractivity contribution is 0.121. The molecule has 0 unspecified atom stereocenters. The molecule has 0 heterocycles. The molecule has 1 fully saturated rings. The van der Waals surface area contributed by atoms with E-state index in [2.05, 4.69) is 12.6 Å². The summed E-state index contributed by atoms with van der Waals surface area (Å²) in [5, 5.41) is 0.107. The van der Waals surface area contributed by atoms with Gasteiger partial charge < -0.3 is 4.74 Å². The predicted octanol–water partition coefficient (Wildman–Crippen LogP) is 4.74.